The van der Waals surface area contributed by atoms with E-state index in [9.17, 15) is 23.3 Å². The van der Waals surface area contributed by atoms with E-state index in [1.807, 2.05) is 0 Å². The molecule has 0 amide bonds. The number of benzene rings is 2. The minimum atomic E-state index is -4.32. The number of anilines is 2. The Labute approximate surface area is 198 Å². The number of hydrogen-bond acceptors (Lipinski definition) is 9. The van der Waals surface area contributed by atoms with E-state index in [1.54, 1.807) is 35.7 Å². The molecule has 0 spiro atoms. The molecule has 0 aliphatic carbocycles. The molecule has 0 saturated heterocycles. The van der Waals surface area contributed by atoms with Crippen molar-refractivity contribution in [2.24, 2.45) is 5.10 Å². The third-order valence-corrected chi connectivity index (χ3v) is 6.83. The van der Waals surface area contributed by atoms with Crippen LogP contribution in [-0.4, -0.2) is 37.2 Å². The van der Waals surface area contributed by atoms with Gasteiger partial charge in [0.15, 0.2) is 0 Å². The lowest BCUT2D eigenvalue weighted by Crippen LogP contribution is -2.16. The second-order valence-corrected chi connectivity index (χ2v) is 9.38. The van der Waals surface area contributed by atoms with Crippen LogP contribution in [0.1, 0.15) is 17.7 Å². The number of hydrogen-bond donors (Lipinski definition) is 3. The lowest BCUT2D eigenvalue weighted by Gasteiger charge is -2.14. The molecule has 0 fully saturated rings. The normalized spacial score (nSPS) is 11.6. The number of ether oxygens (including phenoxy) is 1. The van der Waals surface area contributed by atoms with Gasteiger partial charge in [0, 0.05) is 18.6 Å². The van der Waals surface area contributed by atoms with Gasteiger partial charge in [0.25, 0.3) is 15.7 Å². The molecule has 3 aromatic rings. The summed E-state index contributed by atoms with van der Waals surface area (Å²) in [6.45, 7) is 0. The van der Waals surface area contributed by atoms with Gasteiger partial charge in [-0.25, -0.2) is 8.42 Å². The van der Waals surface area contributed by atoms with Crippen LogP contribution < -0.4 is 14.9 Å². The van der Waals surface area contributed by atoms with Crippen molar-refractivity contribution in [2.45, 2.75) is 17.7 Å². The van der Waals surface area contributed by atoms with Crippen molar-refractivity contribution in [1.29, 1.82) is 0 Å². The first-order chi connectivity index (χ1) is 16.2. The van der Waals surface area contributed by atoms with Gasteiger partial charge in [0.2, 0.25) is 0 Å². The number of para-hydroxylation sites is 2. The van der Waals surface area contributed by atoms with Crippen molar-refractivity contribution in [2.75, 3.05) is 17.3 Å². The van der Waals surface area contributed by atoms with Gasteiger partial charge in [0.1, 0.15) is 10.6 Å². The average molecular weight is 505 g/mol. The van der Waals surface area contributed by atoms with E-state index < -0.39 is 31.5 Å². The van der Waals surface area contributed by atoms with E-state index in [0.717, 1.165) is 12.1 Å². The number of non-ortho nitro benzene ring substituents is 1. The summed E-state index contributed by atoms with van der Waals surface area (Å²) in [7, 11) is -2.94. The molecular weight excluding hydrogens is 484 g/mol. The number of aliphatic carboxylic acids is 1. The molecule has 0 bridgehead atoms. The van der Waals surface area contributed by atoms with Gasteiger partial charge in [0.05, 0.1) is 40.4 Å². The van der Waals surface area contributed by atoms with E-state index in [0.29, 0.717) is 10.6 Å². The van der Waals surface area contributed by atoms with Crippen LogP contribution in [0.3, 0.4) is 0 Å². The molecule has 0 aliphatic rings. The first kappa shape index (κ1) is 24.7. The van der Waals surface area contributed by atoms with Crippen LogP contribution in [0.25, 0.3) is 0 Å². The fraction of sp³-hybridized carbons (Fsp3) is 0.143. The fourth-order valence-corrected chi connectivity index (χ4v) is 4.89. The second kappa shape index (κ2) is 10.8. The highest BCUT2D eigenvalue weighted by Crippen LogP contribution is 2.31. The third-order valence-electron chi connectivity index (χ3n) is 4.51. The Kier molecular flexibility index (Phi) is 7.81. The maximum Gasteiger partial charge on any atom is 0.303 e. The van der Waals surface area contributed by atoms with E-state index in [1.165, 1.54) is 30.6 Å². The fourth-order valence-electron chi connectivity index (χ4n) is 2.90. The molecule has 3 rings (SSSR count). The summed E-state index contributed by atoms with van der Waals surface area (Å²) in [6, 6.07) is 13.1. The van der Waals surface area contributed by atoms with Crippen molar-refractivity contribution >= 4 is 50.1 Å². The van der Waals surface area contributed by atoms with Crippen LogP contribution in [0, 0.1) is 10.1 Å². The van der Waals surface area contributed by atoms with E-state index >= 15 is 0 Å². The summed E-state index contributed by atoms with van der Waals surface area (Å²) in [5.74, 6) is -0.749. The Balaban J connectivity index is 2.02. The molecule has 0 saturated carbocycles. The summed E-state index contributed by atoms with van der Waals surface area (Å²) >= 11 is 1.34. The molecule has 2 aromatic carbocycles. The molecule has 11 nitrogen and oxygen atoms in total. The molecule has 178 valence electrons. The van der Waals surface area contributed by atoms with Crippen molar-refractivity contribution in [3.05, 3.63) is 75.0 Å². The molecule has 0 atom stereocenters. The monoisotopic (exact) mass is 504 g/mol. The predicted octanol–water partition coefficient (Wildman–Crippen LogP) is 4.15. The van der Waals surface area contributed by atoms with Crippen LogP contribution >= 0.6 is 11.3 Å². The molecule has 1 aromatic heterocycles. The van der Waals surface area contributed by atoms with Gasteiger partial charge in [-0.15, -0.1) is 11.3 Å². The third kappa shape index (κ3) is 6.08. The van der Waals surface area contributed by atoms with Gasteiger partial charge in [-0.05, 0) is 29.6 Å². The van der Waals surface area contributed by atoms with Crippen LogP contribution in [0.15, 0.2) is 70.0 Å². The molecule has 3 N–H and O–H groups in total. The number of carboxylic acids is 1. The number of nitro benzene ring substituents is 1. The summed E-state index contributed by atoms with van der Waals surface area (Å²) in [4.78, 5) is 21.9. The Bertz CT molecular complexity index is 1320. The Morgan fingerprint density at radius 3 is 2.56 bits per heavy atom. The zero-order valence-electron chi connectivity index (χ0n) is 17.8. The summed E-state index contributed by atoms with van der Waals surface area (Å²) < 4.78 is 33.9. The maximum atomic E-state index is 13.2. The quantitative estimate of drug-likeness (QED) is 0.199. The van der Waals surface area contributed by atoms with Crippen molar-refractivity contribution < 1.29 is 28.0 Å². The van der Waals surface area contributed by atoms with E-state index in [2.05, 4.69) is 15.2 Å². The molecule has 34 heavy (non-hydrogen) atoms. The second-order valence-electron chi connectivity index (χ2n) is 6.78. The van der Waals surface area contributed by atoms with Gasteiger partial charge < -0.3 is 9.84 Å². The number of thiophene rings is 1. The Morgan fingerprint density at radius 2 is 1.91 bits per heavy atom. The maximum absolute atomic E-state index is 13.2. The zero-order chi connectivity index (χ0) is 24.7. The van der Waals surface area contributed by atoms with E-state index in [4.69, 9.17) is 9.84 Å². The number of nitro groups is 1. The van der Waals surface area contributed by atoms with Crippen LogP contribution in [0.2, 0.25) is 0 Å². The van der Waals surface area contributed by atoms with Crippen LogP contribution in [-0.2, 0) is 14.8 Å². The number of sulfonamides is 1. The molecule has 13 heteroatoms. The standard InChI is InChI=1S/C21H20N4O7S2/c1-32-18-6-3-2-5-15(18)24-34(30,31)20-13-14(25(28)29)8-9-17(20)23-22-16(10-11-21(26)27)19-7-4-12-33-19/h2-9,12-13,23-24H,10-11H2,1H3,(H,26,27)/b22-16+. The topological polar surface area (TPSA) is 160 Å². The lowest BCUT2D eigenvalue weighted by atomic mass is 10.2. The zero-order valence-corrected chi connectivity index (χ0v) is 19.4. The summed E-state index contributed by atoms with van der Waals surface area (Å²) in [5, 5.41) is 26.3. The number of rotatable bonds is 11. The highest BCUT2D eigenvalue weighted by Gasteiger charge is 2.24. The van der Waals surface area contributed by atoms with Crippen LogP contribution in [0.4, 0.5) is 17.1 Å². The van der Waals surface area contributed by atoms with Crippen molar-refractivity contribution in [3.8, 4) is 5.75 Å². The molecule has 0 unspecified atom stereocenters. The molecule has 0 aliphatic heterocycles. The van der Waals surface area contributed by atoms with Gasteiger partial charge >= 0.3 is 5.97 Å². The molecule has 0 radical (unpaired) electrons. The smallest absolute Gasteiger partial charge is 0.303 e. The van der Waals surface area contributed by atoms with Crippen LogP contribution in [0.5, 0.6) is 5.75 Å². The van der Waals surface area contributed by atoms with Crippen molar-refractivity contribution in [1.82, 2.24) is 0 Å². The van der Waals surface area contributed by atoms with E-state index in [-0.39, 0.29) is 30.0 Å². The predicted molar refractivity (Wildman–Crippen MR) is 128 cm³/mol. The first-order valence-electron chi connectivity index (χ1n) is 9.74. The molecule has 1 heterocycles. The largest absolute Gasteiger partial charge is 0.495 e. The lowest BCUT2D eigenvalue weighted by molar-refractivity contribution is -0.385. The Hall–Kier alpha value is -3.97. The van der Waals surface area contributed by atoms with Gasteiger partial charge in [-0.2, -0.15) is 5.10 Å². The van der Waals surface area contributed by atoms with Crippen molar-refractivity contribution in [3.63, 3.8) is 0 Å². The number of carbonyl (C=O) groups is 1. The number of nitrogens with one attached hydrogen (secondary N) is 2. The minimum absolute atomic E-state index is 0.0302. The number of methoxy groups -OCH3 is 1. The molecular formula is C21H20N4O7S2. The van der Waals surface area contributed by atoms with Gasteiger partial charge in [-0.3, -0.25) is 25.1 Å². The summed E-state index contributed by atoms with van der Waals surface area (Å²) in [5.41, 5.74) is 2.72. The SMILES string of the molecule is COc1ccccc1NS(=O)(=O)c1cc([N+](=O)[O-])ccc1N/N=C(\CCC(=O)O)c1cccs1. The highest BCUT2D eigenvalue weighted by molar-refractivity contribution is 7.93. The summed E-state index contributed by atoms with van der Waals surface area (Å²) in [6.07, 6.45) is -0.0867. The number of hydrazone groups is 1. The average Bonchev–Trinajstić information content (AvgIpc) is 3.33. The number of carboxylic acid groups (broad SMARTS) is 1. The van der Waals surface area contributed by atoms with Gasteiger partial charge in [-0.1, -0.05) is 18.2 Å². The number of nitrogens with zero attached hydrogens (tertiary/aromatic N) is 2. The Morgan fingerprint density at radius 1 is 1.15 bits per heavy atom. The first-order valence-corrected chi connectivity index (χ1v) is 12.1. The minimum Gasteiger partial charge on any atom is -0.495 e. The highest BCUT2D eigenvalue weighted by atomic mass is 32.2.